The molecule has 0 radical (unpaired) electrons. The number of hydrogen-bond donors (Lipinski definition) is 1. The second-order valence-electron chi connectivity index (χ2n) is 5.10. The van der Waals surface area contributed by atoms with Crippen molar-refractivity contribution < 1.29 is 0 Å². The maximum atomic E-state index is 6.14. The summed E-state index contributed by atoms with van der Waals surface area (Å²) in [4.78, 5) is 8.35. The molecule has 0 spiro atoms. The lowest BCUT2D eigenvalue weighted by Gasteiger charge is -2.14. The van der Waals surface area contributed by atoms with E-state index in [4.69, 9.17) is 11.6 Å². The van der Waals surface area contributed by atoms with Gasteiger partial charge in [0, 0.05) is 12.1 Å². The van der Waals surface area contributed by atoms with Crippen molar-refractivity contribution in [3.05, 3.63) is 52.9 Å². The summed E-state index contributed by atoms with van der Waals surface area (Å²) in [5.41, 5.74) is 2.35. The molecule has 0 bridgehead atoms. The molecule has 0 aliphatic carbocycles. The fourth-order valence-corrected chi connectivity index (χ4v) is 2.52. The zero-order chi connectivity index (χ0) is 14.4. The van der Waals surface area contributed by atoms with E-state index in [0.717, 1.165) is 30.8 Å². The summed E-state index contributed by atoms with van der Waals surface area (Å²) in [7, 11) is 0. The summed E-state index contributed by atoms with van der Waals surface area (Å²) in [6, 6.07) is 10.5. The van der Waals surface area contributed by atoms with Gasteiger partial charge < -0.3 is 5.32 Å². The Morgan fingerprint density at radius 1 is 1.15 bits per heavy atom. The van der Waals surface area contributed by atoms with Gasteiger partial charge in [-0.15, -0.1) is 0 Å². The van der Waals surface area contributed by atoms with Crippen molar-refractivity contribution in [2.24, 2.45) is 0 Å². The Bertz CT molecular complexity index is 541. The molecule has 2 aromatic rings. The number of aromatic nitrogens is 2. The van der Waals surface area contributed by atoms with Crippen molar-refractivity contribution in [2.45, 2.75) is 32.6 Å². The number of rotatable bonds is 6. The van der Waals surface area contributed by atoms with Crippen LogP contribution in [0.15, 0.2) is 36.7 Å². The van der Waals surface area contributed by atoms with Gasteiger partial charge in [-0.1, -0.05) is 55.8 Å². The molecule has 3 nitrogen and oxygen atoms in total. The van der Waals surface area contributed by atoms with Gasteiger partial charge in [-0.05, 0) is 24.3 Å². The molecule has 0 aliphatic rings. The second kappa shape index (κ2) is 7.25. The molecule has 0 fully saturated rings. The molecule has 0 saturated carbocycles. The number of nitrogens with zero attached hydrogens (tertiary/aromatic N) is 2. The van der Waals surface area contributed by atoms with Crippen LogP contribution in [0.2, 0.25) is 5.15 Å². The molecule has 20 heavy (non-hydrogen) atoms. The average molecular weight is 290 g/mol. The van der Waals surface area contributed by atoms with E-state index < -0.39 is 0 Å². The lowest BCUT2D eigenvalue weighted by Crippen LogP contribution is -2.09. The van der Waals surface area contributed by atoms with Crippen molar-refractivity contribution in [3.63, 3.8) is 0 Å². The molecule has 1 N–H and O–H groups in total. The number of hydrogen-bond acceptors (Lipinski definition) is 3. The monoisotopic (exact) mass is 289 g/mol. The van der Waals surface area contributed by atoms with Crippen LogP contribution < -0.4 is 5.32 Å². The number of aryl methyl sites for hydroxylation is 1. The minimum Gasteiger partial charge on any atom is -0.370 e. The molecule has 1 heterocycles. The van der Waals surface area contributed by atoms with E-state index in [1.54, 1.807) is 0 Å². The molecule has 0 amide bonds. The van der Waals surface area contributed by atoms with Gasteiger partial charge in [0.25, 0.3) is 0 Å². The molecule has 106 valence electrons. The van der Waals surface area contributed by atoms with E-state index in [2.05, 4.69) is 53.4 Å². The van der Waals surface area contributed by atoms with Crippen LogP contribution in [0.4, 0.5) is 5.82 Å². The van der Waals surface area contributed by atoms with E-state index in [0.29, 0.717) is 11.1 Å². The van der Waals surface area contributed by atoms with Gasteiger partial charge in [0.1, 0.15) is 17.3 Å². The van der Waals surface area contributed by atoms with Crippen LogP contribution in [-0.4, -0.2) is 16.5 Å². The van der Waals surface area contributed by atoms with Gasteiger partial charge >= 0.3 is 0 Å². The van der Waals surface area contributed by atoms with E-state index >= 15 is 0 Å². The normalized spacial score (nSPS) is 10.8. The zero-order valence-electron chi connectivity index (χ0n) is 11.9. The Kier molecular flexibility index (Phi) is 5.36. The minimum atomic E-state index is 0.306. The maximum Gasteiger partial charge on any atom is 0.138 e. The predicted molar refractivity (Wildman–Crippen MR) is 84.4 cm³/mol. The van der Waals surface area contributed by atoms with E-state index in [9.17, 15) is 0 Å². The first kappa shape index (κ1) is 14.8. The number of benzene rings is 1. The van der Waals surface area contributed by atoms with Crippen LogP contribution in [0.3, 0.4) is 0 Å². The van der Waals surface area contributed by atoms with Crippen molar-refractivity contribution in [1.29, 1.82) is 0 Å². The lowest BCUT2D eigenvalue weighted by atomic mass is 10.1. The van der Waals surface area contributed by atoms with Crippen LogP contribution >= 0.6 is 11.6 Å². The van der Waals surface area contributed by atoms with Crippen LogP contribution in [0.5, 0.6) is 0 Å². The molecule has 0 aliphatic heterocycles. The molecular formula is C16H20ClN3. The standard InChI is InChI=1S/C16H20ClN3/c1-12(2)14-15(17)19-11-20-16(14)18-10-6-9-13-7-4-3-5-8-13/h3-5,7-8,11-12H,6,9-10H2,1-2H3,(H,18,19,20). The molecule has 2 rings (SSSR count). The fraction of sp³-hybridized carbons (Fsp3) is 0.375. The average Bonchev–Trinajstić information content (AvgIpc) is 2.44. The van der Waals surface area contributed by atoms with Gasteiger partial charge in [0.05, 0.1) is 0 Å². The number of halogens is 1. The Balaban J connectivity index is 1.90. The van der Waals surface area contributed by atoms with Crippen molar-refractivity contribution in [3.8, 4) is 0 Å². The van der Waals surface area contributed by atoms with Crippen LogP contribution in [0, 0.1) is 0 Å². The highest BCUT2D eigenvalue weighted by molar-refractivity contribution is 6.30. The van der Waals surface area contributed by atoms with Crippen molar-refractivity contribution in [1.82, 2.24) is 9.97 Å². The largest absolute Gasteiger partial charge is 0.370 e. The summed E-state index contributed by atoms with van der Waals surface area (Å²) < 4.78 is 0. The topological polar surface area (TPSA) is 37.8 Å². The first-order valence-corrected chi connectivity index (χ1v) is 7.34. The molecule has 0 atom stereocenters. The molecule has 1 aromatic carbocycles. The third-order valence-corrected chi connectivity index (χ3v) is 3.49. The third kappa shape index (κ3) is 3.94. The summed E-state index contributed by atoms with van der Waals surface area (Å²) >= 11 is 6.14. The fourth-order valence-electron chi connectivity index (χ4n) is 2.17. The van der Waals surface area contributed by atoms with E-state index in [1.165, 1.54) is 11.9 Å². The number of anilines is 1. The molecular weight excluding hydrogens is 270 g/mol. The maximum absolute atomic E-state index is 6.14. The molecule has 0 unspecified atom stereocenters. The summed E-state index contributed by atoms with van der Waals surface area (Å²) in [6.45, 7) is 5.07. The Morgan fingerprint density at radius 2 is 1.90 bits per heavy atom. The van der Waals surface area contributed by atoms with Gasteiger partial charge in [0.2, 0.25) is 0 Å². The predicted octanol–water partition coefficient (Wildman–Crippen LogP) is 4.30. The molecule has 1 aromatic heterocycles. The quantitative estimate of drug-likeness (QED) is 0.636. The van der Waals surface area contributed by atoms with Gasteiger partial charge in [0.15, 0.2) is 0 Å². The highest BCUT2D eigenvalue weighted by atomic mass is 35.5. The van der Waals surface area contributed by atoms with E-state index in [1.807, 2.05) is 6.07 Å². The summed E-state index contributed by atoms with van der Waals surface area (Å²) in [5.74, 6) is 1.16. The first-order chi connectivity index (χ1) is 9.68. The van der Waals surface area contributed by atoms with Crippen LogP contribution in [0.1, 0.15) is 37.3 Å². The summed E-state index contributed by atoms with van der Waals surface area (Å²) in [6.07, 6.45) is 3.63. The highest BCUT2D eigenvalue weighted by Crippen LogP contribution is 2.27. The molecule has 0 saturated heterocycles. The Labute approximate surface area is 125 Å². The van der Waals surface area contributed by atoms with E-state index in [-0.39, 0.29) is 0 Å². The Hall–Kier alpha value is -1.61. The minimum absolute atomic E-state index is 0.306. The smallest absolute Gasteiger partial charge is 0.138 e. The summed E-state index contributed by atoms with van der Waals surface area (Å²) in [5, 5.41) is 3.91. The van der Waals surface area contributed by atoms with Gasteiger partial charge in [-0.2, -0.15) is 0 Å². The highest BCUT2D eigenvalue weighted by Gasteiger charge is 2.12. The van der Waals surface area contributed by atoms with Crippen molar-refractivity contribution >= 4 is 17.4 Å². The third-order valence-electron chi connectivity index (χ3n) is 3.19. The zero-order valence-corrected chi connectivity index (χ0v) is 12.7. The lowest BCUT2D eigenvalue weighted by molar-refractivity contribution is 0.825. The second-order valence-corrected chi connectivity index (χ2v) is 5.46. The van der Waals surface area contributed by atoms with Gasteiger partial charge in [-0.3, -0.25) is 0 Å². The Morgan fingerprint density at radius 3 is 2.60 bits per heavy atom. The van der Waals surface area contributed by atoms with Crippen LogP contribution in [0.25, 0.3) is 0 Å². The van der Waals surface area contributed by atoms with Crippen molar-refractivity contribution in [2.75, 3.05) is 11.9 Å². The molecule has 4 heteroatoms. The van der Waals surface area contributed by atoms with Gasteiger partial charge in [-0.25, -0.2) is 9.97 Å². The first-order valence-electron chi connectivity index (χ1n) is 6.96. The number of nitrogens with one attached hydrogen (secondary N) is 1. The van der Waals surface area contributed by atoms with Crippen LogP contribution in [-0.2, 0) is 6.42 Å². The SMILES string of the molecule is CC(C)c1c(Cl)ncnc1NCCCc1ccccc1.